The summed E-state index contributed by atoms with van der Waals surface area (Å²) in [6.07, 6.45) is 5.53. The molecule has 1 heterocycles. The van der Waals surface area contributed by atoms with Crippen LogP contribution < -0.4 is 10.6 Å². The van der Waals surface area contributed by atoms with Crippen LogP contribution in [0.15, 0.2) is 30.3 Å². The molecule has 1 aromatic carbocycles. The molecule has 1 saturated heterocycles. The van der Waals surface area contributed by atoms with E-state index in [9.17, 15) is 24.0 Å². The Labute approximate surface area is 230 Å². The number of ketones is 1. The summed E-state index contributed by atoms with van der Waals surface area (Å²) in [5.74, 6) is -2.29. The third-order valence-electron chi connectivity index (χ3n) is 7.44. The Morgan fingerprint density at radius 3 is 2.38 bits per heavy atom. The maximum absolute atomic E-state index is 13.5. The highest BCUT2D eigenvalue weighted by Crippen LogP contribution is 2.39. The first-order valence-corrected chi connectivity index (χ1v) is 14.1. The van der Waals surface area contributed by atoms with Gasteiger partial charge in [-0.15, -0.1) is 0 Å². The number of piperidine rings is 1. The molecule has 39 heavy (non-hydrogen) atoms. The molecule has 4 unspecified atom stereocenters. The number of esters is 1. The summed E-state index contributed by atoms with van der Waals surface area (Å²) in [6.45, 7) is 4.00. The van der Waals surface area contributed by atoms with Gasteiger partial charge in [0, 0.05) is 6.54 Å². The number of carbonyl (C=O) groups is 5. The fraction of sp³-hybridized carbons (Fsp3) is 0.621. The van der Waals surface area contributed by atoms with Gasteiger partial charge >= 0.3 is 12.1 Å². The SMILES string of the molecule is CCCOC(=O)CNC(=O)C(=O)C(CCC)NC(=O)C1CC2CCCCC2CN1C(=O)OCc1ccccc1. The van der Waals surface area contributed by atoms with Gasteiger partial charge in [0.1, 0.15) is 19.2 Å². The Kier molecular flexibility index (Phi) is 11.8. The molecule has 0 aromatic heterocycles. The number of Topliss-reactive ketones (excluding diaryl/α,β-unsaturated/α-hetero) is 1. The van der Waals surface area contributed by atoms with E-state index in [1.165, 1.54) is 4.90 Å². The first-order chi connectivity index (χ1) is 18.8. The lowest BCUT2D eigenvalue weighted by molar-refractivity contribution is -0.146. The van der Waals surface area contributed by atoms with E-state index in [4.69, 9.17) is 9.47 Å². The number of benzene rings is 1. The molecule has 0 spiro atoms. The molecule has 1 saturated carbocycles. The van der Waals surface area contributed by atoms with Crippen molar-refractivity contribution in [3.05, 3.63) is 35.9 Å². The molecule has 2 N–H and O–H groups in total. The highest BCUT2D eigenvalue weighted by Gasteiger charge is 2.43. The van der Waals surface area contributed by atoms with Gasteiger partial charge in [0.05, 0.1) is 12.6 Å². The number of likely N-dealkylation sites (tertiary alicyclic amines) is 1. The van der Waals surface area contributed by atoms with Crippen LogP contribution >= 0.6 is 0 Å². The van der Waals surface area contributed by atoms with Crippen LogP contribution in [-0.2, 0) is 35.3 Å². The van der Waals surface area contributed by atoms with E-state index < -0.39 is 48.3 Å². The molecular weight excluding hydrogens is 502 g/mol. The number of rotatable bonds is 12. The third-order valence-corrected chi connectivity index (χ3v) is 7.44. The Balaban J connectivity index is 1.67. The Morgan fingerprint density at radius 1 is 0.974 bits per heavy atom. The summed E-state index contributed by atoms with van der Waals surface area (Å²) < 4.78 is 10.5. The third kappa shape index (κ3) is 8.80. The van der Waals surface area contributed by atoms with E-state index in [1.54, 1.807) is 0 Å². The summed E-state index contributed by atoms with van der Waals surface area (Å²) in [7, 11) is 0. The molecule has 2 fully saturated rings. The van der Waals surface area contributed by atoms with Gasteiger partial charge in [-0.05, 0) is 43.1 Å². The number of nitrogens with one attached hydrogen (secondary N) is 2. The van der Waals surface area contributed by atoms with Gasteiger partial charge in [0.25, 0.3) is 5.91 Å². The van der Waals surface area contributed by atoms with Crippen LogP contribution in [0.3, 0.4) is 0 Å². The van der Waals surface area contributed by atoms with Gasteiger partial charge in [-0.25, -0.2) is 4.79 Å². The minimum absolute atomic E-state index is 0.0937. The van der Waals surface area contributed by atoms with Crippen molar-refractivity contribution >= 4 is 29.7 Å². The second kappa shape index (κ2) is 15.2. The van der Waals surface area contributed by atoms with Crippen molar-refractivity contribution in [3.63, 3.8) is 0 Å². The van der Waals surface area contributed by atoms with Crippen LogP contribution in [0.5, 0.6) is 0 Å². The van der Waals surface area contributed by atoms with Crippen molar-refractivity contribution in [2.45, 2.75) is 83.9 Å². The summed E-state index contributed by atoms with van der Waals surface area (Å²) in [6, 6.07) is 7.46. The van der Waals surface area contributed by atoms with Crippen LogP contribution in [0.1, 0.15) is 70.8 Å². The largest absolute Gasteiger partial charge is 0.464 e. The van der Waals surface area contributed by atoms with Crippen LogP contribution in [-0.4, -0.2) is 66.3 Å². The van der Waals surface area contributed by atoms with Crippen molar-refractivity contribution in [2.24, 2.45) is 11.8 Å². The van der Waals surface area contributed by atoms with Crippen molar-refractivity contribution in [1.29, 1.82) is 0 Å². The molecule has 1 aliphatic carbocycles. The molecule has 3 rings (SSSR count). The van der Waals surface area contributed by atoms with Crippen LogP contribution in [0, 0.1) is 11.8 Å². The zero-order valence-corrected chi connectivity index (χ0v) is 23.0. The zero-order valence-electron chi connectivity index (χ0n) is 23.0. The number of nitrogens with zero attached hydrogens (tertiary/aromatic N) is 1. The number of carbonyl (C=O) groups excluding carboxylic acids is 5. The fourth-order valence-electron chi connectivity index (χ4n) is 5.37. The van der Waals surface area contributed by atoms with E-state index in [0.29, 0.717) is 37.6 Å². The van der Waals surface area contributed by atoms with Gasteiger partial charge < -0.3 is 20.1 Å². The Morgan fingerprint density at radius 2 is 1.69 bits per heavy atom. The van der Waals surface area contributed by atoms with Crippen LogP contribution in [0.2, 0.25) is 0 Å². The predicted molar refractivity (Wildman–Crippen MR) is 143 cm³/mol. The monoisotopic (exact) mass is 543 g/mol. The van der Waals surface area contributed by atoms with Gasteiger partial charge in [0.15, 0.2) is 0 Å². The number of hydrogen-bond acceptors (Lipinski definition) is 7. The minimum Gasteiger partial charge on any atom is -0.464 e. The lowest BCUT2D eigenvalue weighted by Crippen LogP contribution is -2.59. The Bertz CT molecular complexity index is 1000. The smallest absolute Gasteiger partial charge is 0.410 e. The molecule has 1 aromatic rings. The molecule has 2 aliphatic rings. The summed E-state index contributed by atoms with van der Waals surface area (Å²) >= 11 is 0. The molecule has 4 atom stereocenters. The Hall–Kier alpha value is -3.43. The molecule has 10 heteroatoms. The maximum atomic E-state index is 13.5. The highest BCUT2D eigenvalue weighted by atomic mass is 16.6. The predicted octanol–water partition coefficient (Wildman–Crippen LogP) is 3.13. The lowest BCUT2D eigenvalue weighted by atomic mass is 9.73. The van der Waals surface area contributed by atoms with E-state index in [2.05, 4.69) is 10.6 Å². The van der Waals surface area contributed by atoms with Crippen molar-refractivity contribution in [1.82, 2.24) is 15.5 Å². The molecule has 214 valence electrons. The van der Waals surface area contributed by atoms with E-state index >= 15 is 0 Å². The summed E-state index contributed by atoms with van der Waals surface area (Å²) in [4.78, 5) is 65.3. The molecule has 1 aliphatic heterocycles. The normalized spacial score (nSPS) is 21.2. The zero-order chi connectivity index (χ0) is 28.2. The van der Waals surface area contributed by atoms with Gasteiger partial charge in [-0.3, -0.25) is 24.1 Å². The van der Waals surface area contributed by atoms with E-state index in [0.717, 1.165) is 31.2 Å². The number of hydrogen-bond donors (Lipinski definition) is 2. The summed E-state index contributed by atoms with van der Waals surface area (Å²) in [5, 5.41) is 5.01. The van der Waals surface area contributed by atoms with Gasteiger partial charge in [-0.2, -0.15) is 0 Å². The number of ether oxygens (including phenoxy) is 2. The number of fused-ring (bicyclic) bond motifs is 1. The van der Waals surface area contributed by atoms with Gasteiger partial charge in [0.2, 0.25) is 11.7 Å². The first kappa shape index (κ1) is 30.1. The highest BCUT2D eigenvalue weighted by molar-refractivity contribution is 6.38. The first-order valence-electron chi connectivity index (χ1n) is 14.1. The average molecular weight is 544 g/mol. The van der Waals surface area contributed by atoms with E-state index in [-0.39, 0.29) is 19.6 Å². The fourth-order valence-corrected chi connectivity index (χ4v) is 5.37. The van der Waals surface area contributed by atoms with Crippen molar-refractivity contribution in [3.8, 4) is 0 Å². The van der Waals surface area contributed by atoms with Crippen molar-refractivity contribution < 1.29 is 33.4 Å². The van der Waals surface area contributed by atoms with E-state index in [1.807, 2.05) is 44.2 Å². The van der Waals surface area contributed by atoms with Crippen molar-refractivity contribution in [2.75, 3.05) is 19.7 Å². The standard InChI is InChI=1S/C29H41N3O7/c1-3-10-23(26(34)28(36)30-17-25(33)38-15-4-2)31-27(35)24-16-21-13-8-9-14-22(21)18-32(24)29(37)39-19-20-11-6-5-7-12-20/h5-7,11-12,21-24H,3-4,8-10,13-19H2,1-2H3,(H,30,36)(H,31,35). The quantitative estimate of drug-likeness (QED) is 0.306. The van der Waals surface area contributed by atoms with Crippen LogP contribution in [0.25, 0.3) is 0 Å². The lowest BCUT2D eigenvalue weighted by Gasteiger charge is -2.45. The summed E-state index contributed by atoms with van der Waals surface area (Å²) in [5.41, 5.74) is 0.845. The van der Waals surface area contributed by atoms with Gasteiger partial charge in [-0.1, -0.05) is 69.9 Å². The molecule has 10 nitrogen and oxygen atoms in total. The molecule has 0 radical (unpaired) electrons. The van der Waals surface area contributed by atoms with Crippen LogP contribution in [0.4, 0.5) is 4.79 Å². The second-order valence-electron chi connectivity index (χ2n) is 10.4. The topological polar surface area (TPSA) is 131 Å². The minimum atomic E-state index is -1.07. The molecule has 3 amide bonds. The molecular formula is C29H41N3O7. The second-order valence-corrected chi connectivity index (χ2v) is 10.4. The average Bonchev–Trinajstić information content (AvgIpc) is 2.96. The number of amides is 3. The molecule has 0 bridgehead atoms. The maximum Gasteiger partial charge on any atom is 0.410 e.